The maximum absolute atomic E-state index is 11.4. The van der Waals surface area contributed by atoms with Crippen LogP contribution < -0.4 is 0 Å². The van der Waals surface area contributed by atoms with Gasteiger partial charge in [0.05, 0.1) is 0 Å². The Labute approximate surface area is 122 Å². The largest absolute Gasteiger partial charge is 0.320 e. The molecule has 0 aromatic carbocycles. The zero-order valence-electron chi connectivity index (χ0n) is 12.7. The number of rotatable bonds is 6. The molecule has 0 heterocycles. The number of carbonyl (C=O) groups excluding carboxylic acids is 2. The van der Waals surface area contributed by atoms with Crippen LogP contribution in [0.2, 0.25) is 0 Å². The summed E-state index contributed by atoms with van der Waals surface area (Å²) >= 11 is 0. The molecule has 20 heavy (non-hydrogen) atoms. The van der Waals surface area contributed by atoms with Crippen LogP contribution in [0.1, 0.15) is 39.5 Å². The van der Waals surface area contributed by atoms with Crippen LogP contribution in [0, 0.1) is 11.8 Å². The van der Waals surface area contributed by atoms with E-state index in [9.17, 15) is 9.59 Å². The van der Waals surface area contributed by atoms with Gasteiger partial charge in [0, 0.05) is 26.9 Å². The first kappa shape index (κ1) is 16.5. The summed E-state index contributed by atoms with van der Waals surface area (Å²) in [5, 5.41) is 0. The van der Waals surface area contributed by atoms with Crippen molar-refractivity contribution in [1.82, 2.24) is 9.80 Å². The Hall–Kier alpha value is -1.58. The van der Waals surface area contributed by atoms with Gasteiger partial charge in [0.2, 0.25) is 11.8 Å². The standard InChI is InChI=1S/C16H26N2O2/c1-5-17(13(3)19)11-15-8-7-9-16(10-15)12-18(6-2)14(4)20/h5-6,15-16H,1-2,7-12H2,3-4H3. The molecule has 2 amide bonds. The Morgan fingerprint density at radius 3 is 1.70 bits per heavy atom. The van der Waals surface area contributed by atoms with E-state index < -0.39 is 0 Å². The zero-order chi connectivity index (χ0) is 15.1. The van der Waals surface area contributed by atoms with Gasteiger partial charge in [-0.2, -0.15) is 0 Å². The molecule has 1 saturated carbocycles. The van der Waals surface area contributed by atoms with Gasteiger partial charge in [0.1, 0.15) is 0 Å². The number of hydrogen-bond donors (Lipinski definition) is 0. The normalized spacial score (nSPS) is 21.9. The molecule has 0 spiro atoms. The van der Waals surface area contributed by atoms with Crippen LogP contribution in [0.4, 0.5) is 0 Å². The molecule has 112 valence electrons. The fourth-order valence-electron chi connectivity index (χ4n) is 2.95. The minimum Gasteiger partial charge on any atom is -0.320 e. The first-order chi connectivity index (χ1) is 9.47. The fourth-order valence-corrected chi connectivity index (χ4v) is 2.95. The summed E-state index contributed by atoms with van der Waals surface area (Å²) in [5.41, 5.74) is 0. The highest BCUT2D eigenvalue weighted by molar-refractivity contribution is 5.74. The molecule has 2 unspecified atom stereocenters. The quantitative estimate of drug-likeness (QED) is 0.749. The lowest BCUT2D eigenvalue weighted by Crippen LogP contribution is -2.35. The Bertz CT molecular complexity index is 345. The Balaban J connectivity index is 2.53. The molecule has 1 aliphatic carbocycles. The highest BCUT2D eigenvalue weighted by Crippen LogP contribution is 2.30. The first-order valence-corrected chi connectivity index (χ1v) is 7.27. The van der Waals surface area contributed by atoms with Crippen molar-refractivity contribution in [1.29, 1.82) is 0 Å². The number of carbonyl (C=O) groups is 2. The maximum Gasteiger partial charge on any atom is 0.223 e. The molecule has 4 nitrogen and oxygen atoms in total. The molecule has 1 fully saturated rings. The van der Waals surface area contributed by atoms with Crippen molar-refractivity contribution in [2.24, 2.45) is 11.8 Å². The Morgan fingerprint density at radius 1 is 1.00 bits per heavy atom. The molecule has 0 N–H and O–H groups in total. The molecule has 2 atom stereocenters. The van der Waals surface area contributed by atoms with E-state index in [1.165, 1.54) is 0 Å². The number of amides is 2. The molecule has 0 bridgehead atoms. The SMILES string of the molecule is C=CN(CC1CCCC(CN(C=C)C(C)=O)C1)C(C)=O. The van der Waals surface area contributed by atoms with E-state index in [-0.39, 0.29) is 11.8 Å². The Kier molecular flexibility index (Phi) is 6.49. The zero-order valence-corrected chi connectivity index (χ0v) is 12.7. The average Bonchev–Trinajstić information content (AvgIpc) is 2.41. The topological polar surface area (TPSA) is 40.6 Å². The number of hydrogen-bond acceptors (Lipinski definition) is 2. The average molecular weight is 278 g/mol. The smallest absolute Gasteiger partial charge is 0.223 e. The minimum atomic E-state index is 0.0403. The van der Waals surface area contributed by atoms with E-state index in [1.807, 2.05) is 0 Å². The molecule has 0 aromatic heterocycles. The van der Waals surface area contributed by atoms with Crippen LogP contribution in [-0.2, 0) is 9.59 Å². The van der Waals surface area contributed by atoms with Gasteiger partial charge >= 0.3 is 0 Å². The predicted octanol–water partition coefficient (Wildman–Crippen LogP) is 2.78. The second-order valence-corrected chi connectivity index (χ2v) is 5.61. The van der Waals surface area contributed by atoms with Crippen molar-refractivity contribution in [2.75, 3.05) is 13.1 Å². The van der Waals surface area contributed by atoms with Gasteiger partial charge in [0.15, 0.2) is 0 Å². The van der Waals surface area contributed by atoms with Crippen LogP contribution in [0.3, 0.4) is 0 Å². The molecule has 4 heteroatoms. The summed E-state index contributed by atoms with van der Waals surface area (Å²) < 4.78 is 0. The third-order valence-corrected chi connectivity index (χ3v) is 4.05. The lowest BCUT2D eigenvalue weighted by molar-refractivity contribution is -0.127. The van der Waals surface area contributed by atoms with Gasteiger partial charge in [-0.15, -0.1) is 0 Å². The van der Waals surface area contributed by atoms with Gasteiger partial charge in [-0.3, -0.25) is 9.59 Å². The van der Waals surface area contributed by atoms with E-state index >= 15 is 0 Å². The maximum atomic E-state index is 11.4. The van der Waals surface area contributed by atoms with Crippen LogP contribution in [0.5, 0.6) is 0 Å². The van der Waals surface area contributed by atoms with Gasteiger partial charge < -0.3 is 9.80 Å². The molecule has 0 aliphatic heterocycles. The van der Waals surface area contributed by atoms with Gasteiger partial charge in [-0.05, 0) is 43.5 Å². The molecule has 0 saturated heterocycles. The van der Waals surface area contributed by atoms with Crippen LogP contribution >= 0.6 is 0 Å². The summed E-state index contributed by atoms with van der Waals surface area (Å²) in [6.45, 7) is 12.0. The predicted molar refractivity (Wildman–Crippen MR) is 80.6 cm³/mol. The highest BCUT2D eigenvalue weighted by atomic mass is 16.2. The van der Waals surface area contributed by atoms with Gasteiger partial charge in [-0.25, -0.2) is 0 Å². The van der Waals surface area contributed by atoms with E-state index in [0.717, 1.165) is 38.8 Å². The summed E-state index contributed by atoms with van der Waals surface area (Å²) in [6.07, 6.45) is 7.70. The lowest BCUT2D eigenvalue weighted by atomic mass is 9.81. The third kappa shape index (κ3) is 4.83. The van der Waals surface area contributed by atoms with E-state index in [1.54, 1.807) is 36.0 Å². The van der Waals surface area contributed by atoms with Crippen LogP contribution in [0.25, 0.3) is 0 Å². The van der Waals surface area contributed by atoms with E-state index in [2.05, 4.69) is 13.2 Å². The summed E-state index contributed by atoms with van der Waals surface area (Å²) in [4.78, 5) is 26.2. The van der Waals surface area contributed by atoms with Crippen molar-refractivity contribution in [3.63, 3.8) is 0 Å². The van der Waals surface area contributed by atoms with Crippen molar-refractivity contribution in [2.45, 2.75) is 39.5 Å². The third-order valence-electron chi connectivity index (χ3n) is 4.05. The monoisotopic (exact) mass is 278 g/mol. The summed E-state index contributed by atoms with van der Waals surface area (Å²) in [7, 11) is 0. The molecule has 0 aromatic rings. The van der Waals surface area contributed by atoms with Crippen molar-refractivity contribution >= 4 is 11.8 Å². The molecule has 1 aliphatic rings. The van der Waals surface area contributed by atoms with Crippen molar-refractivity contribution in [3.05, 3.63) is 25.6 Å². The fraction of sp³-hybridized carbons (Fsp3) is 0.625. The van der Waals surface area contributed by atoms with Gasteiger partial charge in [-0.1, -0.05) is 19.6 Å². The Morgan fingerprint density at radius 2 is 1.40 bits per heavy atom. The molecule has 0 radical (unpaired) electrons. The first-order valence-electron chi connectivity index (χ1n) is 7.27. The highest BCUT2D eigenvalue weighted by Gasteiger charge is 2.25. The van der Waals surface area contributed by atoms with Crippen LogP contribution in [0.15, 0.2) is 25.6 Å². The second-order valence-electron chi connectivity index (χ2n) is 5.61. The summed E-state index contributed by atoms with van der Waals surface area (Å²) in [5.74, 6) is 1.07. The molecule has 1 rings (SSSR count). The van der Waals surface area contributed by atoms with E-state index in [0.29, 0.717) is 11.8 Å². The van der Waals surface area contributed by atoms with Crippen LogP contribution in [-0.4, -0.2) is 34.7 Å². The number of nitrogens with zero attached hydrogens (tertiary/aromatic N) is 2. The second kappa shape index (κ2) is 7.88. The van der Waals surface area contributed by atoms with Crippen molar-refractivity contribution < 1.29 is 9.59 Å². The minimum absolute atomic E-state index is 0.0403. The summed E-state index contributed by atoms with van der Waals surface area (Å²) in [6, 6.07) is 0. The lowest BCUT2D eigenvalue weighted by Gasteiger charge is -2.33. The van der Waals surface area contributed by atoms with Gasteiger partial charge in [0.25, 0.3) is 0 Å². The molecular formula is C16H26N2O2. The van der Waals surface area contributed by atoms with E-state index in [4.69, 9.17) is 0 Å². The molecular weight excluding hydrogens is 252 g/mol. The van der Waals surface area contributed by atoms with Crippen molar-refractivity contribution in [3.8, 4) is 0 Å².